The number of hydrazine groups is 1. The van der Waals surface area contributed by atoms with E-state index in [0.717, 1.165) is 16.9 Å². The van der Waals surface area contributed by atoms with Crippen LogP contribution in [0.4, 0.5) is 0 Å². The van der Waals surface area contributed by atoms with Crippen molar-refractivity contribution < 1.29 is 19.0 Å². The molecule has 3 aromatic carbocycles. The minimum atomic E-state index is -0.188. The van der Waals surface area contributed by atoms with Crippen LogP contribution in [0.3, 0.4) is 0 Å². The number of methoxy groups -OCH3 is 3. The van der Waals surface area contributed by atoms with Crippen LogP contribution in [0, 0.1) is 11.8 Å². The maximum Gasteiger partial charge on any atom is 0.223 e. The standard InChI is InChI=1S/C30H36N4O4/c1-36-22-12-10-20(11-13-22)24-18-23(27-28(33-34-29(27)32-24)21-7-5-4-6-8-21)30(35)31-16-15-19-9-14-25(37-2)26(17-19)38-3/h4-14,17,23-24,27-29,32-34H,15-16,18H2,1-3H3,(H,31,35). The van der Waals surface area contributed by atoms with Crippen molar-refractivity contribution in [3.63, 3.8) is 0 Å². The Bertz CT molecular complexity index is 1220. The Morgan fingerprint density at radius 2 is 1.63 bits per heavy atom. The molecule has 0 aromatic heterocycles. The highest BCUT2D eigenvalue weighted by Gasteiger charge is 2.49. The molecular weight excluding hydrogens is 480 g/mol. The zero-order chi connectivity index (χ0) is 26.5. The van der Waals surface area contributed by atoms with E-state index < -0.39 is 0 Å². The second-order valence-corrected chi connectivity index (χ2v) is 9.80. The molecule has 38 heavy (non-hydrogen) atoms. The maximum absolute atomic E-state index is 13.7. The number of fused-ring (bicyclic) bond motifs is 1. The van der Waals surface area contributed by atoms with E-state index in [4.69, 9.17) is 14.2 Å². The van der Waals surface area contributed by atoms with Gasteiger partial charge in [0, 0.05) is 24.4 Å². The molecule has 2 heterocycles. The molecule has 200 valence electrons. The van der Waals surface area contributed by atoms with Crippen molar-refractivity contribution in [1.29, 1.82) is 0 Å². The molecule has 4 N–H and O–H groups in total. The lowest BCUT2D eigenvalue weighted by molar-refractivity contribution is -0.128. The van der Waals surface area contributed by atoms with Crippen molar-refractivity contribution in [1.82, 2.24) is 21.5 Å². The smallest absolute Gasteiger partial charge is 0.223 e. The Morgan fingerprint density at radius 3 is 2.34 bits per heavy atom. The summed E-state index contributed by atoms with van der Waals surface area (Å²) in [6.45, 7) is 0.541. The number of amides is 1. The molecule has 5 unspecified atom stereocenters. The van der Waals surface area contributed by atoms with Crippen molar-refractivity contribution in [2.24, 2.45) is 11.8 Å². The number of carbonyl (C=O) groups excluding carboxylic acids is 1. The Kier molecular flexibility index (Phi) is 8.12. The Labute approximate surface area is 224 Å². The predicted octanol–water partition coefficient (Wildman–Crippen LogP) is 3.51. The van der Waals surface area contributed by atoms with E-state index in [0.29, 0.717) is 30.9 Å². The average molecular weight is 517 g/mol. The van der Waals surface area contributed by atoms with E-state index in [1.54, 1.807) is 21.3 Å². The molecule has 8 nitrogen and oxygen atoms in total. The van der Waals surface area contributed by atoms with Crippen LogP contribution in [0.25, 0.3) is 0 Å². The Hall–Kier alpha value is -3.59. The second-order valence-electron chi connectivity index (χ2n) is 9.80. The predicted molar refractivity (Wildman–Crippen MR) is 146 cm³/mol. The third-order valence-electron chi connectivity index (χ3n) is 7.67. The summed E-state index contributed by atoms with van der Waals surface area (Å²) in [4.78, 5) is 13.7. The zero-order valence-corrected chi connectivity index (χ0v) is 22.1. The lowest BCUT2D eigenvalue weighted by atomic mass is 9.74. The van der Waals surface area contributed by atoms with Gasteiger partial charge < -0.3 is 19.5 Å². The van der Waals surface area contributed by atoms with E-state index in [1.165, 1.54) is 5.56 Å². The number of piperidine rings is 1. The highest BCUT2D eigenvalue weighted by Crippen LogP contribution is 2.42. The van der Waals surface area contributed by atoms with Crippen molar-refractivity contribution >= 4 is 5.91 Å². The second kappa shape index (κ2) is 11.9. The van der Waals surface area contributed by atoms with E-state index in [-0.39, 0.29) is 36.0 Å². The number of rotatable bonds is 9. The fraction of sp³-hybridized carbons (Fsp3) is 0.367. The molecule has 2 aliphatic heterocycles. The minimum absolute atomic E-state index is 0.0205. The summed E-state index contributed by atoms with van der Waals surface area (Å²) in [5, 5.41) is 6.97. The van der Waals surface area contributed by atoms with Gasteiger partial charge in [0.05, 0.1) is 33.5 Å². The molecule has 5 rings (SSSR count). The van der Waals surface area contributed by atoms with Gasteiger partial charge in [-0.3, -0.25) is 10.1 Å². The monoisotopic (exact) mass is 516 g/mol. The van der Waals surface area contributed by atoms with E-state index >= 15 is 0 Å². The lowest BCUT2D eigenvalue weighted by Gasteiger charge is -2.40. The Balaban J connectivity index is 1.33. The van der Waals surface area contributed by atoms with Gasteiger partial charge in [0.1, 0.15) is 5.75 Å². The summed E-state index contributed by atoms with van der Waals surface area (Å²) in [6, 6.07) is 24.3. The Morgan fingerprint density at radius 1 is 0.868 bits per heavy atom. The first-order chi connectivity index (χ1) is 18.6. The molecule has 0 saturated carbocycles. The minimum Gasteiger partial charge on any atom is -0.497 e. The van der Waals surface area contributed by atoms with Gasteiger partial charge in [-0.2, -0.15) is 0 Å². The van der Waals surface area contributed by atoms with Gasteiger partial charge in [0.25, 0.3) is 0 Å². The van der Waals surface area contributed by atoms with Crippen LogP contribution in [0.1, 0.15) is 35.2 Å². The normalized spacial score (nSPS) is 24.3. The number of hydrogen-bond donors (Lipinski definition) is 4. The van der Waals surface area contributed by atoms with E-state index in [2.05, 4.69) is 45.8 Å². The third-order valence-corrected chi connectivity index (χ3v) is 7.67. The highest BCUT2D eigenvalue weighted by atomic mass is 16.5. The molecule has 5 atom stereocenters. The molecule has 0 spiro atoms. The largest absolute Gasteiger partial charge is 0.497 e. The van der Waals surface area contributed by atoms with Crippen LogP contribution in [0.5, 0.6) is 17.2 Å². The van der Waals surface area contributed by atoms with Gasteiger partial charge in [0.15, 0.2) is 11.5 Å². The van der Waals surface area contributed by atoms with E-state index in [9.17, 15) is 4.79 Å². The summed E-state index contributed by atoms with van der Waals surface area (Å²) < 4.78 is 16.1. The number of carbonyl (C=O) groups is 1. The summed E-state index contributed by atoms with van der Waals surface area (Å²) >= 11 is 0. The average Bonchev–Trinajstić information content (AvgIpc) is 3.41. The summed E-state index contributed by atoms with van der Waals surface area (Å²) in [6.07, 6.45) is 1.34. The maximum atomic E-state index is 13.7. The van der Waals surface area contributed by atoms with Crippen molar-refractivity contribution in [2.45, 2.75) is 31.1 Å². The molecule has 0 aliphatic carbocycles. The molecule has 0 bridgehead atoms. The topological polar surface area (TPSA) is 92.9 Å². The van der Waals surface area contributed by atoms with Gasteiger partial charge in [-0.25, -0.2) is 10.9 Å². The van der Waals surface area contributed by atoms with Crippen LogP contribution in [-0.2, 0) is 11.2 Å². The summed E-state index contributed by atoms with van der Waals surface area (Å²) in [7, 11) is 4.92. The van der Waals surface area contributed by atoms with Gasteiger partial charge in [-0.05, 0) is 53.8 Å². The fourth-order valence-corrected chi connectivity index (χ4v) is 5.69. The van der Waals surface area contributed by atoms with Crippen molar-refractivity contribution in [2.75, 3.05) is 27.9 Å². The number of benzene rings is 3. The molecule has 2 fully saturated rings. The SMILES string of the molecule is COc1ccc(C2CC(C(=O)NCCc3ccc(OC)c(OC)c3)C3C(NNC3c3ccccc3)N2)cc1. The lowest BCUT2D eigenvalue weighted by Crippen LogP contribution is -2.54. The van der Waals surface area contributed by atoms with Crippen LogP contribution >= 0.6 is 0 Å². The number of hydrogen-bond acceptors (Lipinski definition) is 7. The van der Waals surface area contributed by atoms with Gasteiger partial charge in [-0.1, -0.05) is 48.5 Å². The first-order valence-corrected chi connectivity index (χ1v) is 13.1. The molecule has 2 saturated heterocycles. The third kappa shape index (κ3) is 5.48. The highest BCUT2D eigenvalue weighted by molar-refractivity contribution is 5.79. The first kappa shape index (κ1) is 26.0. The fourth-order valence-electron chi connectivity index (χ4n) is 5.69. The summed E-state index contributed by atoms with van der Waals surface area (Å²) in [5.41, 5.74) is 10.3. The first-order valence-electron chi connectivity index (χ1n) is 13.1. The number of ether oxygens (including phenoxy) is 3. The van der Waals surface area contributed by atoms with E-state index in [1.807, 2.05) is 48.5 Å². The summed E-state index contributed by atoms with van der Waals surface area (Å²) in [5.74, 6) is 2.13. The van der Waals surface area contributed by atoms with Crippen molar-refractivity contribution in [3.8, 4) is 17.2 Å². The zero-order valence-electron chi connectivity index (χ0n) is 22.1. The molecule has 8 heteroatoms. The van der Waals surface area contributed by atoms with Crippen LogP contribution < -0.4 is 35.7 Å². The molecule has 3 aromatic rings. The molecule has 1 amide bonds. The van der Waals surface area contributed by atoms with Gasteiger partial charge in [-0.15, -0.1) is 0 Å². The molecule has 0 radical (unpaired) electrons. The van der Waals surface area contributed by atoms with Crippen LogP contribution in [-0.4, -0.2) is 39.9 Å². The molecule has 2 aliphatic rings. The van der Waals surface area contributed by atoms with Crippen LogP contribution in [0.2, 0.25) is 0 Å². The quantitative estimate of drug-likeness (QED) is 0.346. The van der Waals surface area contributed by atoms with Crippen LogP contribution in [0.15, 0.2) is 72.8 Å². The van der Waals surface area contributed by atoms with Crippen molar-refractivity contribution in [3.05, 3.63) is 89.5 Å². The van der Waals surface area contributed by atoms with Gasteiger partial charge in [0.2, 0.25) is 5.91 Å². The van der Waals surface area contributed by atoms with Gasteiger partial charge >= 0.3 is 0 Å². The number of nitrogens with one attached hydrogen (secondary N) is 4. The molecular formula is C30H36N4O4.